The highest BCUT2D eigenvalue weighted by atomic mass is 35.5. The minimum absolute atomic E-state index is 0.0464. The maximum absolute atomic E-state index is 11.2. The molecule has 5 heteroatoms. The van der Waals surface area contributed by atoms with Crippen LogP contribution in [0.15, 0.2) is 42.5 Å². The van der Waals surface area contributed by atoms with Crippen LogP contribution in [0, 0.1) is 12.8 Å². The van der Waals surface area contributed by atoms with Gasteiger partial charge < -0.3 is 5.11 Å². The average Bonchev–Trinajstić information content (AvgIpc) is 2.60. The number of piperidine rings is 1. The van der Waals surface area contributed by atoms with Crippen molar-refractivity contribution >= 4 is 29.2 Å². The molecular formula is C20H21Cl2NO2. The second-order valence-electron chi connectivity index (χ2n) is 6.64. The van der Waals surface area contributed by atoms with Crippen molar-refractivity contribution in [1.82, 2.24) is 4.90 Å². The highest BCUT2D eigenvalue weighted by molar-refractivity contribution is 6.42. The predicted octanol–water partition coefficient (Wildman–Crippen LogP) is 5.19. The maximum Gasteiger partial charge on any atom is 0.306 e. The molecular weight excluding hydrogens is 357 g/mol. The number of hydrogen-bond donors (Lipinski definition) is 1. The van der Waals surface area contributed by atoms with Gasteiger partial charge in [0.1, 0.15) is 0 Å². The summed E-state index contributed by atoms with van der Waals surface area (Å²) >= 11 is 12.3. The molecule has 1 aliphatic rings. The summed E-state index contributed by atoms with van der Waals surface area (Å²) in [6.45, 7) is 3.56. The van der Waals surface area contributed by atoms with Gasteiger partial charge in [0.15, 0.2) is 0 Å². The van der Waals surface area contributed by atoms with Crippen molar-refractivity contribution in [3.05, 3.63) is 69.2 Å². The predicted molar refractivity (Wildman–Crippen MR) is 101 cm³/mol. The van der Waals surface area contributed by atoms with E-state index in [9.17, 15) is 9.90 Å². The highest BCUT2D eigenvalue weighted by Gasteiger charge is 2.30. The van der Waals surface area contributed by atoms with Gasteiger partial charge in [-0.2, -0.15) is 0 Å². The molecule has 1 fully saturated rings. The third-order valence-electron chi connectivity index (χ3n) is 4.90. The number of carboxylic acids is 1. The monoisotopic (exact) mass is 377 g/mol. The first-order chi connectivity index (χ1) is 12.0. The van der Waals surface area contributed by atoms with Crippen LogP contribution in [0.25, 0.3) is 0 Å². The summed E-state index contributed by atoms with van der Waals surface area (Å²) < 4.78 is 0. The lowest BCUT2D eigenvalue weighted by Crippen LogP contribution is -2.39. The van der Waals surface area contributed by atoms with Crippen molar-refractivity contribution in [1.29, 1.82) is 0 Å². The van der Waals surface area contributed by atoms with Gasteiger partial charge in [-0.1, -0.05) is 59.1 Å². The van der Waals surface area contributed by atoms with Crippen LogP contribution < -0.4 is 0 Å². The minimum Gasteiger partial charge on any atom is -0.481 e. The normalized spacial score (nSPS) is 17.4. The summed E-state index contributed by atoms with van der Waals surface area (Å²) in [6, 6.07) is 14.3. The number of carboxylic acid groups (broad SMARTS) is 1. The van der Waals surface area contributed by atoms with Crippen LogP contribution in [0.4, 0.5) is 0 Å². The molecule has 0 spiro atoms. The van der Waals surface area contributed by atoms with Crippen molar-refractivity contribution in [3.63, 3.8) is 0 Å². The molecule has 0 amide bonds. The highest BCUT2D eigenvalue weighted by Crippen LogP contribution is 2.35. The van der Waals surface area contributed by atoms with Crippen LogP contribution in [-0.4, -0.2) is 29.1 Å². The van der Waals surface area contributed by atoms with Gasteiger partial charge in [0.2, 0.25) is 0 Å². The van der Waals surface area contributed by atoms with E-state index in [1.54, 1.807) is 0 Å². The Morgan fingerprint density at radius 1 is 1.04 bits per heavy atom. The summed E-state index contributed by atoms with van der Waals surface area (Å²) in [5.74, 6) is -0.940. The molecule has 1 unspecified atom stereocenters. The van der Waals surface area contributed by atoms with Gasteiger partial charge in [0, 0.05) is 0 Å². The fourth-order valence-corrected chi connectivity index (χ4v) is 3.76. The van der Waals surface area contributed by atoms with Crippen molar-refractivity contribution in [2.24, 2.45) is 5.92 Å². The zero-order valence-corrected chi connectivity index (χ0v) is 15.6. The zero-order valence-electron chi connectivity index (χ0n) is 14.1. The number of aryl methyl sites for hydroxylation is 1. The van der Waals surface area contributed by atoms with Gasteiger partial charge in [-0.15, -0.1) is 0 Å². The fraction of sp³-hybridized carbons (Fsp3) is 0.350. The number of rotatable bonds is 4. The SMILES string of the molecule is Cc1ccc(C(c2ccc(Cl)c(Cl)c2)N2CCC(C(=O)O)CC2)cc1. The van der Waals surface area contributed by atoms with Crippen LogP contribution >= 0.6 is 23.2 Å². The molecule has 1 N–H and O–H groups in total. The average molecular weight is 378 g/mol. The Bertz CT molecular complexity index is 753. The summed E-state index contributed by atoms with van der Waals surface area (Å²) in [5, 5.41) is 10.3. The molecule has 0 saturated carbocycles. The van der Waals surface area contributed by atoms with Crippen LogP contribution in [0.1, 0.15) is 35.6 Å². The van der Waals surface area contributed by atoms with Gasteiger partial charge in [-0.3, -0.25) is 9.69 Å². The Hall–Kier alpha value is -1.55. The number of benzene rings is 2. The van der Waals surface area contributed by atoms with Crippen LogP contribution in [0.2, 0.25) is 10.0 Å². The Morgan fingerprint density at radius 2 is 1.64 bits per heavy atom. The van der Waals surface area contributed by atoms with Crippen molar-refractivity contribution in [3.8, 4) is 0 Å². The van der Waals surface area contributed by atoms with Crippen LogP contribution in [-0.2, 0) is 4.79 Å². The minimum atomic E-state index is -0.693. The molecule has 1 saturated heterocycles. The molecule has 3 rings (SSSR count). The molecule has 0 aromatic heterocycles. The summed E-state index contributed by atoms with van der Waals surface area (Å²) in [7, 11) is 0. The van der Waals surface area contributed by atoms with E-state index >= 15 is 0 Å². The second kappa shape index (κ2) is 7.77. The first-order valence-electron chi connectivity index (χ1n) is 8.44. The van der Waals surface area contributed by atoms with Crippen molar-refractivity contribution < 1.29 is 9.90 Å². The largest absolute Gasteiger partial charge is 0.481 e. The van der Waals surface area contributed by atoms with E-state index in [4.69, 9.17) is 23.2 Å². The third-order valence-corrected chi connectivity index (χ3v) is 5.64. The van der Waals surface area contributed by atoms with E-state index in [0.29, 0.717) is 22.9 Å². The lowest BCUT2D eigenvalue weighted by atomic mass is 9.91. The number of halogens is 2. The summed E-state index contributed by atoms with van der Waals surface area (Å²) in [6.07, 6.45) is 1.33. The Balaban J connectivity index is 1.93. The summed E-state index contributed by atoms with van der Waals surface area (Å²) in [5.41, 5.74) is 3.46. The molecule has 25 heavy (non-hydrogen) atoms. The lowest BCUT2D eigenvalue weighted by molar-refractivity contribution is -0.143. The molecule has 2 aromatic rings. The van der Waals surface area contributed by atoms with Crippen LogP contribution in [0.3, 0.4) is 0 Å². The number of aliphatic carboxylic acids is 1. The standard InChI is InChI=1S/C20H21Cl2NO2/c1-13-2-4-14(5-3-13)19(16-6-7-17(21)18(22)12-16)23-10-8-15(9-11-23)20(24)25/h2-7,12,15,19H,8-11H2,1H3,(H,24,25). The molecule has 1 aliphatic heterocycles. The topological polar surface area (TPSA) is 40.5 Å². The van der Waals surface area contributed by atoms with Gasteiger partial charge in [0.25, 0.3) is 0 Å². The van der Waals surface area contributed by atoms with Gasteiger partial charge in [-0.25, -0.2) is 0 Å². The Kier molecular flexibility index (Phi) is 5.67. The molecule has 0 aliphatic carbocycles. The number of hydrogen-bond acceptors (Lipinski definition) is 2. The maximum atomic E-state index is 11.2. The number of likely N-dealkylation sites (tertiary alicyclic amines) is 1. The first kappa shape index (κ1) is 18.2. The van der Waals surface area contributed by atoms with Gasteiger partial charge in [-0.05, 0) is 56.1 Å². The lowest BCUT2D eigenvalue weighted by Gasteiger charge is -2.37. The van der Waals surface area contributed by atoms with E-state index in [2.05, 4.69) is 36.1 Å². The van der Waals surface area contributed by atoms with E-state index in [1.807, 2.05) is 18.2 Å². The van der Waals surface area contributed by atoms with Crippen molar-refractivity contribution in [2.75, 3.05) is 13.1 Å². The van der Waals surface area contributed by atoms with Crippen molar-refractivity contribution in [2.45, 2.75) is 25.8 Å². The number of nitrogens with zero attached hydrogens (tertiary/aromatic N) is 1. The molecule has 0 radical (unpaired) electrons. The van der Waals surface area contributed by atoms with E-state index in [1.165, 1.54) is 11.1 Å². The quantitative estimate of drug-likeness (QED) is 0.796. The van der Waals surface area contributed by atoms with E-state index in [-0.39, 0.29) is 12.0 Å². The van der Waals surface area contributed by atoms with E-state index in [0.717, 1.165) is 18.7 Å². The number of carbonyl (C=O) groups is 1. The second-order valence-corrected chi connectivity index (χ2v) is 7.45. The zero-order chi connectivity index (χ0) is 18.0. The van der Waals surface area contributed by atoms with Gasteiger partial charge >= 0.3 is 5.97 Å². The Labute approximate surface area is 158 Å². The smallest absolute Gasteiger partial charge is 0.306 e. The van der Waals surface area contributed by atoms with E-state index < -0.39 is 5.97 Å². The molecule has 1 atom stereocenters. The molecule has 1 heterocycles. The molecule has 0 bridgehead atoms. The van der Waals surface area contributed by atoms with Crippen LogP contribution in [0.5, 0.6) is 0 Å². The molecule has 3 nitrogen and oxygen atoms in total. The Morgan fingerprint density at radius 3 is 2.20 bits per heavy atom. The molecule has 132 valence electrons. The first-order valence-corrected chi connectivity index (χ1v) is 9.19. The van der Waals surface area contributed by atoms with Gasteiger partial charge in [0.05, 0.1) is 22.0 Å². The third kappa shape index (κ3) is 4.17. The fourth-order valence-electron chi connectivity index (χ4n) is 3.45. The summed E-state index contributed by atoms with van der Waals surface area (Å²) in [4.78, 5) is 13.6. The molecule has 2 aromatic carbocycles.